The smallest absolute Gasteiger partial charge is 0.0500 e. The van der Waals surface area contributed by atoms with Gasteiger partial charge in [0.1, 0.15) is 0 Å². The van der Waals surface area contributed by atoms with E-state index in [1.54, 1.807) is 0 Å². The average Bonchev–Trinajstić information content (AvgIpc) is 2.63. The fraction of sp³-hybridized carbons (Fsp3) is 1.00. The third-order valence-electron chi connectivity index (χ3n) is 4.04. The lowest BCUT2D eigenvalue weighted by molar-refractivity contribution is 0.152. The van der Waals surface area contributed by atoms with E-state index < -0.39 is 0 Å². The third-order valence-corrected chi connectivity index (χ3v) is 4.04. The molecule has 0 aromatic heterocycles. The Hall–Kier alpha value is -0.0400. The summed E-state index contributed by atoms with van der Waals surface area (Å²) in [6.07, 6.45) is 4.20. The first-order valence-corrected chi connectivity index (χ1v) is 5.44. The van der Waals surface area contributed by atoms with E-state index in [1.165, 1.54) is 19.3 Å². The molecule has 0 radical (unpaired) electrons. The highest BCUT2D eigenvalue weighted by Gasteiger charge is 2.44. The number of fused-ring (bicyclic) bond motifs is 1. The van der Waals surface area contributed by atoms with Gasteiger partial charge in [0.05, 0.1) is 13.2 Å². The number of hydrogen-bond donors (Lipinski definition) is 0. The van der Waals surface area contributed by atoms with Crippen molar-refractivity contribution in [2.75, 3.05) is 13.2 Å². The summed E-state index contributed by atoms with van der Waals surface area (Å²) in [7, 11) is 0. The monoisotopic (exact) mass is 168 g/mol. The van der Waals surface area contributed by atoms with Crippen LogP contribution in [0.25, 0.3) is 0 Å². The summed E-state index contributed by atoms with van der Waals surface area (Å²) in [6, 6.07) is 0. The molecule has 2 aliphatic rings. The molecule has 2 rings (SSSR count). The van der Waals surface area contributed by atoms with Gasteiger partial charge in [-0.3, -0.25) is 0 Å². The number of rotatable bonds is 2. The molecule has 1 saturated carbocycles. The number of hydrogen-bond acceptors (Lipinski definition) is 1. The second-order valence-electron chi connectivity index (χ2n) is 4.44. The van der Waals surface area contributed by atoms with Crippen LogP contribution in [0, 0.1) is 23.7 Å². The van der Waals surface area contributed by atoms with Gasteiger partial charge in [-0.15, -0.1) is 0 Å². The molecule has 1 heteroatoms. The maximum atomic E-state index is 5.58. The molecule has 0 aromatic carbocycles. The first-order valence-electron chi connectivity index (χ1n) is 5.44. The summed E-state index contributed by atoms with van der Waals surface area (Å²) in [5.41, 5.74) is 0. The SMILES string of the molecule is CCC1CC(CC)C2COCC12. The largest absolute Gasteiger partial charge is 0.381 e. The molecule has 1 aliphatic heterocycles. The third kappa shape index (κ3) is 1.19. The molecule has 4 atom stereocenters. The van der Waals surface area contributed by atoms with Crippen molar-refractivity contribution in [1.82, 2.24) is 0 Å². The second-order valence-corrected chi connectivity index (χ2v) is 4.44. The van der Waals surface area contributed by atoms with Crippen LogP contribution >= 0.6 is 0 Å². The van der Waals surface area contributed by atoms with Crippen LogP contribution in [0.15, 0.2) is 0 Å². The molecule has 1 aliphatic carbocycles. The second kappa shape index (κ2) is 3.37. The molecular formula is C11H20O. The minimum Gasteiger partial charge on any atom is -0.381 e. The molecule has 1 nitrogen and oxygen atoms in total. The Labute approximate surface area is 75.5 Å². The molecule has 0 bridgehead atoms. The van der Waals surface area contributed by atoms with E-state index in [0.717, 1.165) is 36.9 Å². The van der Waals surface area contributed by atoms with Crippen LogP contribution in [0.5, 0.6) is 0 Å². The summed E-state index contributed by atoms with van der Waals surface area (Å²) in [5.74, 6) is 3.78. The van der Waals surface area contributed by atoms with E-state index in [2.05, 4.69) is 13.8 Å². The molecule has 0 amide bonds. The summed E-state index contributed by atoms with van der Waals surface area (Å²) in [5, 5.41) is 0. The fourth-order valence-electron chi connectivity index (χ4n) is 3.24. The molecule has 1 heterocycles. The van der Waals surface area contributed by atoms with Gasteiger partial charge in [0, 0.05) is 0 Å². The molecule has 2 fully saturated rings. The van der Waals surface area contributed by atoms with Crippen molar-refractivity contribution in [1.29, 1.82) is 0 Å². The van der Waals surface area contributed by atoms with Gasteiger partial charge in [0.2, 0.25) is 0 Å². The Morgan fingerprint density at radius 2 is 1.50 bits per heavy atom. The van der Waals surface area contributed by atoms with Crippen LogP contribution in [0.4, 0.5) is 0 Å². The molecule has 0 N–H and O–H groups in total. The Balaban J connectivity index is 2.05. The predicted octanol–water partition coefficient (Wildman–Crippen LogP) is 2.71. The average molecular weight is 168 g/mol. The Morgan fingerprint density at radius 3 is 1.92 bits per heavy atom. The van der Waals surface area contributed by atoms with Crippen LogP contribution < -0.4 is 0 Å². The molecule has 12 heavy (non-hydrogen) atoms. The molecule has 70 valence electrons. The maximum absolute atomic E-state index is 5.58. The fourth-order valence-corrected chi connectivity index (χ4v) is 3.24. The quantitative estimate of drug-likeness (QED) is 0.616. The molecule has 0 spiro atoms. The highest BCUT2D eigenvalue weighted by Crippen LogP contribution is 2.47. The van der Waals surface area contributed by atoms with Crippen LogP contribution in [-0.4, -0.2) is 13.2 Å². The van der Waals surface area contributed by atoms with Gasteiger partial charge < -0.3 is 4.74 Å². The van der Waals surface area contributed by atoms with Gasteiger partial charge in [0.15, 0.2) is 0 Å². The van der Waals surface area contributed by atoms with Crippen molar-refractivity contribution in [2.24, 2.45) is 23.7 Å². The van der Waals surface area contributed by atoms with E-state index >= 15 is 0 Å². The summed E-state index contributed by atoms with van der Waals surface area (Å²) < 4.78 is 5.58. The Morgan fingerprint density at radius 1 is 1.00 bits per heavy atom. The summed E-state index contributed by atoms with van der Waals surface area (Å²) in [4.78, 5) is 0. The van der Waals surface area contributed by atoms with Crippen molar-refractivity contribution in [2.45, 2.75) is 33.1 Å². The van der Waals surface area contributed by atoms with Crippen LogP contribution in [-0.2, 0) is 4.74 Å². The van der Waals surface area contributed by atoms with Gasteiger partial charge in [-0.2, -0.15) is 0 Å². The van der Waals surface area contributed by atoms with Crippen molar-refractivity contribution in [3.05, 3.63) is 0 Å². The van der Waals surface area contributed by atoms with Crippen molar-refractivity contribution >= 4 is 0 Å². The summed E-state index contributed by atoms with van der Waals surface area (Å²) in [6.45, 7) is 6.77. The normalized spacial score (nSPS) is 46.5. The maximum Gasteiger partial charge on any atom is 0.0500 e. The highest BCUT2D eigenvalue weighted by molar-refractivity contribution is 4.92. The predicted molar refractivity (Wildman–Crippen MR) is 50.0 cm³/mol. The van der Waals surface area contributed by atoms with Gasteiger partial charge in [-0.05, 0) is 30.1 Å². The van der Waals surface area contributed by atoms with E-state index in [4.69, 9.17) is 4.74 Å². The minimum atomic E-state index is 0.917. The molecular weight excluding hydrogens is 148 g/mol. The van der Waals surface area contributed by atoms with E-state index in [1.807, 2.05) is 0 Å². The van der Waals surface area contributed by atoms with Gasteiger partial charge in [-0.1, -0.05) is 26.7 Å². The van der Waals surface area contributed by atoms with Crippen LogP contribution in [0.3, 0.4) is 0 Å². The highest BCUT2D eigenvalue weighted by atomic mass is 16.5. The zero-order valence-electron chi connectivity index (χ0n) is 8.25. The van der Waals surface area contributed by atoms with Gasteiger partial charge >= 0.3 is 0 Å². The molecule has 4 unspecified atom stereocenters. The van der Waals surface area contributed by atoms with Gasteiger partial charge in [0.25, 0.3) is 0 Å². The summed E-state index contributed by atoms with van der Waals surface area (Å²) >= 11 is 0. The standard InChI is InChI=1S/C11H20O/c1-3-8-5-9(4-2)11-7-12-6-10(8)11/h8-11H,3-7H2,1-2H3. The van der Waals surface area contributed by atoms with E-state index in [-0.39, 0.29) is 0 Å². The van der Waals surface area contributed by atoms with E-state index in [0.29, 0.717) is 0 Å². The first kappa shape index (κ1) is 8.55. The topological polar surface area (TPSA) is 9.23 Å². The van der Waals surface area contributed by atoms with Crippen molar-refractivity contribution in [3.63, 3.8) is 0 Å². The number of ether oxygens (including phenoxy) is 1. The van der Waals surface area contributed by atoms with Crippen molar-refractivity contribution < 1.29 is 4.74 Å². The van der Waals surface area contributed by atoms with Crippen LogP contribution in [0.2, 0.25) is 0 Å². The van der Waals surface area contributed by atoms with E-state index in [9.17, 15) is 0 Å². The zero-order chi connectivity index (χ0) is 8.55. The first-order chi connectivity index (χ1) is 5.86. The van der Waals surface area contributed by atoms with Gasteiger partial charge in [-0.25, -0.2) is 0 Å². The lowest BCUT2D eigenvalue weighted by Crippen LogP contribution is -2.14. The van der Waals surface area contributed by atoms with Crippen LogP contribution in [0.1, 0.15) is 33.1 Å². The molecule has 1 saturated heterocycles. The lowest BCUT2D eigenvalue weighted by atomic mass is 9.89. The Bertz CT molecular complexity index is 139. The van der Waals surface area contributed by atoms with Crippen molar-refractivity contribution in [3.8, 4) is 0 Å². The lowest BCUT2D eigenvalue weighted by Gasteiger charge is -2.14. The Kier molecular flexibility index (Phi) is 2.40. The molecule has 0 aromatic rings. The minimum absolute atomic E-state index is 0.917. The zero-order valence-corrected chi connectivity index (χ0v) is 8.25.